The third kappa shape index (κ3) is 2.26. The van der Waals surface area contributed by atoms with Crippen molar-refractivity contribution >= 4 is 23.6 Å². The van der Waals surface area contributed by atoms with Crippen LogP contribution in [0, 0.1) is 16.7 Å². The Morgan fingerprint density at radius 1 is 1.21 bits per heavy atom. The first-order chi connectivity index (χ1) is 8.80. The van der Waals surface area contributed by atoms with E-state index >= 15 is 0 Å². The summed E-state index contributed by atoms with van der Waals surface area (Å²) in [6.07, 6.45) is 1.28. The molecule has 4 nitrogen and oxygen atoms in total. The molecular weight excluding hydrogens is 262 g/mol. The molecule has 1 heterocycles. The summed E-state index contributed by atoms with van der Waals surface area (Å²) in [7, 11) is 0. The van der Waals surface area contributed by atoms with Gasteiger partial charge in [-0.3, -0.25) is 9.59 Å². The lowest BCUT2D eigenvalue weighted by molar-refractivity contribution is -0.156. The summed E-state index contributed by atoms with van der Waals surface area (Å²) in [6.45, 7) is 7.28. The van der Waals surface area contributed by atoms with Crippen molar-refractivity contribution < 1.29 is 14.7 Å². The molecule has 2 aliphatic rings. The molecule has 1 aliphatic heterocycles. The number of hydrogen-bond donors (Lipinski definition) is 1. The van der Waals surface area contributed by atoms with Gasteiger partial charge in [-0.2, -0.15) is 11.8 Å². The van der Waals surface area contributed by atoms with Crippen molar-refractivity contribution in [2.24, 2.45) is 16.7 Å². The zero-order valence-corrected chi connectivity index (χ0v) is 12.8. The first-order valence-corrected chi connectivity index (χ1v) is 8.06. The van der Waals surface area contributed by atoms with Crippen molar-refractivity contribution in [3.63, 3.8) is 0 Å². The molecule has 1 saturated heterocycles. The van der Waals surface area contributed by atoms with E-state index in [1.165, 1.54) is 0 Å². The molecule has 1 unspecified atom stereocenters. The third-order valence-corrected chi connectivity index (χ3v) is 6.26. The van der Waals surface area contributed by atoms with Crippen molar-refractivity contribution in [1.82, 2.24) is 4.90 Å². The molecule has 2 atom stereocenters. The summed E-state index contributed by atoms with van der Waals surface area (Å²) in [5.41, 5.74) is -1.28. The lowest BCUT2D eigenvalue weighted by Gasteiger charge is -2.40. The Labute approximate surface area is 118 Å². The van der Waals surface area contributed by atoms with Gasteiger partial charge in [0.05, 0.1) is 5.41 Å². The molecule has 0 spiro atoms. The fourth-order valence-corrected chi connectivity index (χ4v) is 4.22. The van der Waals surface area contributed by atoms with Gasteiger partial charge in [0.15, 0.2) is 0 Å². The van der Waals surface area contributed by atoms with Crippen molar-refractivity contribution in [2.45, 2.75) is 33.6 Å². The van der Waals surface area contributed by atoms with Crippen molar-refractivity contribution in [1.29, 1.82) is 0 Å². The molecule has 1 N–H and O–H groups in total. The Morgan fingerprint density at radius 2 is 1.79 bits per heavy atom. The summed E-state index contributed by atoms with van der Waals surface area (Å²) in [6, 6.07) is 0. The number of thioether (sulfide) groups is 1. The number of aliphatic carboxylic acids is 1. The monoisotopic (exact) mass is 285 g/mol. The van der Waals surface area contributed by atoms with Gasteiger partial charge in [0, 0.05) is 30.5 Å². The van der Waals surface area contributed by atoms with Crippen LogP contribution in [0.2, 0.25) is 0 Å². The van der Waals surface area contributed by atoms with Gasteiger partial charge >= 0.3 is 5.97 Å². The summed E-state index contributed by atoms with van der Waals surface area (Å²) >= 11 is 1.88. The summed E-state index contributed by atoms with van der Waals surface area (Å²) < 4.78 is 0. The molecular formula is C14H23NO3S. The Balaban J connectivity index is 2.17. The van der Waals surface area contributed by atoms with Gasteiger partial charge in [0.2, 0.25) is 5.91 Å². The van der Waals surface area contributed by atoms with Gasteiger partial charge in [0.1, 0.15) is 0 Å². The van der Waals surface area contributed by atoms with Gasteiger partial charge in [0.25, 0.3) is 0 Å². The van der Waals surface area contributed by atoms with Crippen LogP contribution < -0.4 is 0 Å². The average molecular weight is 285 g/mol. The van der Waals surface area contributed by atoms with Crippen molar-refractivity contribution in [2.75, 3.05) is 24.6 Å². The number of nitrogens with zero attached hydrogens (tertiary/aromatic N) is 1. The predicted molar refractivity (Wildman–Crippen MR) is 76.2 cm³/mol. The van der Waals surface area contributed by atoms with E-state index in [1.54, 1.807) is 6.92 Å². The van der Waals surface area contributed by atoms with Gasteiger partial charge in [-0.05, 0) is 25.2 Å². The fourth-order valence-electron chi connectivity index (χ4n) is 3.32. The third-order valence-electron chi connectivity index (χ3n) is 5.32. The molecule has 0 aromatic heterocycles. The maximum absolute atomic E-state index is 12.7. The molecule has 1 aliphatic carbocycles. The number of hydrogen-bond acceptors (Lipinski definition) is 3. The van der Waals surface area contributed by atoms with E-state index in [-0.39, 0.29) is 11.8 Å². The number of amides is 1. The van der Waals surface area contributed by atoms with E-state index < -0.39 is 16.8 Å². The maximum Gasteiger partial charge on any atom is 0.309 e. The van der Waals surface area contributed by atoms with Crippen LogP contribution in [0.3, 0.4) is 0 Å². The lowest BCUT2D eigenvalue weighted by Crippen LogP contribution is -2.48. The zero-order valence-electron chi connectivity index (χ0n) is 11.9. The number of carboxylic acid groups (broad SMARTS) is 1. The molecule has 108 valence electrons. The van der Waals surface area contributed by atoms with Crippen LogP contribution in [-0.2, 0) is 9.59 Å². The van der Waals surface area contributed by atoms with Crippen LogP contribution >= 0.6 is 11.8 Å². The largest absolute Gasteiger partial charge is 0.481 e. The van der Waals surface area contributed by atoms with Gasteiger partial charge in [-0.25, -0.2) is 0 Å². The Morgan fingerprint density at radius 3 is 2.26 bits per heavy atom. The van der Waals surface area contributed by atoms with Crippen molar-refractivity contribution in [3.8, 4) is 0 Å². The van der Waals surface area contributed by atoms with E-state index in [0.29, 0.717) is 12.8 Å². The first-order valence-electron chi connectivity index (χ1n) is 6.90. The normalized spacial score (nSPS) is 34.3. The van der Waals surface area contributed by atoms with E-state index in [1.807, 2.05) is 30.5 Å². The van der Waals surface area contributed by atoms with Crippen LogP contribution in [0.4, 0.5) is 0 Å². The highest BCUT2D eigenvalue weighted by Gasteiger charge is 2.58. The molecule has 19 heavy (non-hydrogen) atoms. The lowest BCUT2D eigenvalue weighted by atomic mass is 9.65. The van der Waals surface area contributed by atoms with Gasteiger partial charge in [-0.1, -0.05) is 13.8 Å². The Hall–Kier alpha value is -0.710. The second kappa shape index (κ2) is 5.00. The van der Waals surface area contributed by atoms with Crippen LogP contribution in [0.15, 0.2) is 0 Å². The summed E-state index contributed by atoms with van der Waals surface area (Å²) in [5.74, 6) is 1.22. The molecule has 2 fully saturated rings. The highest BCUT2D eigenvalue weighted by atomic mass is 32.2. The summed E-state index contributed by atoms with van der Waals surface area (Å²) in [4.78, 5) is 26.1. The Bertz CT molecular complexity index is 390. The SMILES string of the molecule is CC1(C)C(C(=O)N2CCSCC2)CC[C@@]1(C)C(=O)O. The maximum atomic E-state index is 12.7. The highest BCUT2D eigenvalue weighted by Crippen LogP contribution is 2.56. The second-order valence-corrected chi connectivity index (χ2v) is 7.61. The minimum Gasteiger partial charge on any atom is -0.481 e. The van der Waals surface area contributed by atoms with Gasteiger partial charge < -0.3 is 10.0 Å². The summed E-state index contributed by atoms with van der Waals surface area (Å²) in [5, 5.41) is 9.49. The number of carbonyl (C=O) groups is 2. The minimum atomic E-state index is -0.794. The Kier molecular flexibility index (Phi) is 3.87. The van der Waals surface area contributed by atoms with E-state index in [0.717, 1.165) is 24.6 Å². The molecule has 0 bridgehead atoms. The quantitative estimate of drug-likeness (QED) is 0.844. The fraction of sp³-hybridized carbons (Fsp3) is 0.857. The number of rotatable bonds is 2. The molecule has 2 rings (SSSR count). The van der Waals surface area contributed by atoms with E-state index in [4.69, 9.17) is 0 Å². The van der Waals surface area contributed by atoms with Crippen LogP contribution in [0.1, 0.15) is 33.6 Å². The van der Waals surface area contributed by atoms with Gasteiger partial charge in [-0.15, -0.1) is 0 Å². The predicted octanol–water partition coefficient (Wildman–Crippen LogP) is 2.09. The molecule has 0 radical (unpaired) electrons. The van der Waals surface area contributed by atoms with Crippen LogP contribution in [0.5, 0.6) is 0 Å². The number of carbonyl (C=O) groups excluding carboxylic acids is 1. The van der Waals surface area contributed by atoms with Crippen LogP contribution in [-0.4, -0.2) is 46.5 Å². The van der Waals surface area contributed by atoms with E-state index in [9.17, 15) is 14.7 Å². The van der Waals surface area contributed by atoms with E-state index in [2.05, 4.69) is 0 Å². The zero-order chi connectivity index (χ0) is 14.3. The van der Waals surface area contributed by atoms with Crippen LogP contribution in [0.25, 0.3) is 0 Å². The molecule has 0 aromatic rings. The average Bonchev–Trinajstić information content (AvgIpc) is 2.62. The molecule has 0 aromatic carbocycles. The molecule has 1 amide bonds. The standard InChI is InChI=1S/C14H23NO3S/c1-13(2)10(4-5-14(13,3)12(17)18)11(16)15-6-8-19-9-7-15/h10H,4-9H2,1-3H3,(H,17,18)/t10?,14-/m0/s1. The topological polar surface area (TPSA) is 57.6 Å². The molecule has 1 saturated carbocycles. The first kappa shape index (κ1) is 14.7. The number of carboxylic acids is 1. The molecule has 5 heteroatoms. The smallest absolute Gasteiger partial charge is 0.309 e. The highest BCUT2D eigenvalue weighted by molar-refractivity contribution is 7.99. The minimum absolute atomic E-state index is 0.156. The van der Waals surface area contributed by atoms with Crippen molar-refractivity contribution in [3.05, 3.63) is 0 Å². The second-order valence-electron chi connectivity index (χ2n) is 6.39.